The number of para-hydroxylation sites is 1. The molecule has 19 heavy (non-hydrogen) atoms. The second kappa shape index (κ2) is 5.05. The predicted molar refractivity (Wildman–Crippen MR) is 65.8 cm³/mol. The van der Waals surface area contributed by atoms with Crippen molar-refractivity contribution in [3.63, 3.8) is 0 Å². The van der Waals surface area contributed by atoms with Crippen molar-refractivity contribution in [2.45, 2.75) is 0 Å². The van der Waals surface area contributed by atoms with Crippen molar-refractivity contribution in [3.8, 4) is 5.75 Å². The molecular weight excluding hydrogens is 355 g/mol. The van der Waals surface area contributed by atoms with Crippen molar-refractivity contribution < 1.29 is 30.7 Å². The van der Waals surface area contributed by atoms with Crippen molar-refractivity contribution in [2.75, 3.05) is 0 Å². The maximum absolute atomic E-state index is 12.3. The van der Waals surface area contributed by atoms with Crippen molar-refractivity contribution >= 4 is 11.0 Å². The van der Waals surface area contributed by atoms with Crippen molar-refractivity contribution in [3.05, 3.63) is 72.2 Å². The van der Waals surface area contributed by atoms with Gasteiger partial charge in [-0.05, 0) is 0 Å². The number of hydrogen-bond donors (Lipinski definition) is 0. The normalized spacial score (nSPS) is 10.9. The van der Waals surface area contributed by atoms with E-state index in [0.29, 0.717) is 14.5 Å². The van der Waals surface area contributed by atoms with Gasteiger partial charge in [-0.25, -0.2) is 0 Å². The summed E-state index contributed by atoms with van der Waals surface area (Å²) in [7, 11) is 0. The molecule has 0 N–H and O–H groups in total. The molecule has 0 amide bonds. The van der Waals surface area contributed by atoms with E-state index in [9.17, 15) is 9.90 Å². The van der Waals surface area contributed by atoms with Crippen molar-refractivity contribution in [1.29, 1.82) is 0 Å². The minimum atomic E-state index is -0.808. The standard InChI is InChI=1S/C15H10IO3/c17-14-11-8-4-5-9-12(11)19-15(18)13(14)16-10-6-2-1-3-7-10/h1-9,17H/q-1/p-1. The number of hydrogen-bond acceptors (Lipinski definition) is 3. The van der Waals surface area contributed by atoms with E-state index in [-0.39, 0.29) is 5.75 Å². The van der Waals surface area contributed by atoms with Crippen LogP contribution in [-0.2, 0) is 0 Å². The molecular formula is C15H9IO3-2. The van der Waals surface area contributed by atoms with Crippen LogP contribution < -0.4 is 31.9 Å². The van der Waals surface area contributed by atoms with Crippen LogP contribution in [0.4, 0.5) is 0 Å². The first-order valence-electron chi connectivity index (χ1n) is 5.68. The third-order valence-electron chi connectivity index (χ3n) is 2.65. The number of benzene rings is 2. The van der Waals surface area contributed by atoms with Gasteiger partial charge in [0.05, 0.1) is 0 Å². The average molecular weight is 364 g/mol. The molecule has 0 fully saturated rings. The van der Waals surface area contributed by atoms with Crippen LogP contribution in [0.25, 0.3) is 11.0 Å². The number of halogens is 1. The van der Waals surface area contributed by atoms with Crippen LogP contribution in [0.2, 0.25) is 0 Å². The second-order valence-electron chi connectivity index (χ2n) is 3.92. The van der Waals surface area contributed by atoms with E-state index in [1.165, 1.54) is 0 Å². The molecule has 0 bridgehead atoms. The van der Waals surface area contributed by atoms with Gasteiger partial charge in [0.15, 0.2) is 0 Å². The van der Waals surface area contributed by atoms with E-state index in [1.54, 1.807) is 24.3 Å². The van der Waals surface area contributed by atoms with Gasteiger partial charge in [-0.15, -0.1) is 0 Å². The van der Waals surface area contributed by atoms with Crippen LogP contribution in [0.1, 0.15) is 0 Å². The molecule has 3 rings (SSSR count). The molecule has 0 saturated carbocycles. The SMILES string of the molecule is O=c1oc2ccccc2c([O-])c1[I-]c1ccccc1. The zero-order valence-electron chi connectivity index (χ0n) is 9.80. The predicted octanol–water partition coefficient (Wildman–Crippen LogP) is -1.00. The monoisotopic (exact) mass is 364 g/mol. The van der Waals surface area contributed by atoms with Crippen LogP contribution in [0.3, 0.4) is 0 Å². The molecule has 2 aromatic carbocycles. The van der Waals surface area contributed by atoms with E-state index >= 15 is 0 Å². The Kier molecular flexibility index (Phi) is 3.25. The van der Waals surface area contributed by atoms with Crippen LogP contribution in [0.15, 0.2) is 63.8 Å². The Balaban J connectivity index is 2.16. The van der Waals surface area contributed by atoms with E-state index in [0.717, 1.165) is 3.57 Å². The van der Waals surface area contributed by atoms with Gasteiger partial charge < -0.3 is 0 Å². The molecule has 1 heterocycles. The van der Waals surface area contributed by atoms with Crippen LogP contribution in [-0.4, -0.2) is 0 Å². The molecule has 3 nitrogen and oxygen atoms in total. The van der Waals surface area contributed by atoms with Crippen LogP contribution >= 0.6 is 0 Å². The molecule has 1 aromatic heterocycles. The molecule has 3 aromatic rings. The molecule has 0 spiro atoms. The zero-order valence-corrected chi connectivity index (χ0v) is 12.0. The summed E-state index contributed by atoms with van der Waals surface area (Å²) in [5, 5.41) is 12.8. The first-order valence-corrected chi connectivity index (χ1v) is 7.84. The summed E-state index contributed by atoms with van der Waals surface area (Å²) in [6.45, 7) is 0. The zero-order chi connectivity index (χ0) is 13.2. The first kappa shape index (κ1) is 12.2. The number of fused-ring (bicyclic) bond motifs is 1. The molecule has 4 heteroatoms. The Morgan fingerprint density at radius 3 is 2.42 bits per heavy atom. The van der Waals surface area contributed by atoms with Gasteiger partial charge in [-0.1, -0.05) is 0 Å². The fourth-order valence-corrected chi connectivity index (χ4v) is 4.03. The van der Waals surface area contributed by atoms with Gasteiger partial charge in [-0.2, -0.15) is 0 Å². The Labute approximate surface area is 119 Å². The molecule has 0 radical (unpaired) electrons. The van der Waals surface area contributed by atoms with Crippen LogP contribution in [0, 0.1) is 7.14 Å². The van der Waals surface area contributed by atoms with E-state index in [2.05, 4.69) is 0 Å². The average Bonchev–Trinajstić information content (AvgIpc) is 2.45. The fourth-order valence-electron chi connectivity index (χ4n) is 1.77. The summed E-state index contributed by atoms with van der Waals surface area (Å²) in [5.74, 6) is -0.191. The van der Waals surface area contributed by atoms with Gasteiger partial charge in [0.1, 0.15) is 0 Å². The van der Waals surface area contributed by atoms with Crippen LogP contribution in [0.5, 0.6) is 5.75 Å². The fraction of sp³-hybridized carbons (Fsp3) is 0. The van der Waals surface area contributed by atoms with Gasteiger partial charge in [-0.3, -0.25) is 0 Å². The quantitative estimate of drug-likeness (QED) is 0.433. The maximum atomic E-state index is 12.3. The molecule has 0 aliphatic rings. The molecule has 0 aliphatic heterocycles. The Hall–Kier alpha value is -1.82. The van der Waals surface area contributed by atoms with Gasteiger partial charge in [0.25, 0.3) is 0 Å². The third-order valence-corrected chi connectivity index (χ3v) is 5.46. The molecule has 0 aliphatic carbocycles. The molecule has 96 valence electrons. The Morgan fingerprint density at radius 1 is 0.947 bits per heavy atom. The third kappa shape index (κ3) is 2.35. The summed E-state index contributed by atoms with van der Waals surface area (Å²) in [4.78, 5) is 11.9. The topological polar surface area (TPSA) is 53.3 Å². The summed E-state index contributed by atoms with van der Waals surface area (Å²) in [6, 6.07) is 16.4. The summed E-state index contributed by atoms with van der Waals surface area (Å²) >= 11 is -0.808. The van der Waals surface area contributed by atoms with E-state index in [1.807, 2.05) is 30.3 Å². The minimum absolute atomic E-state index is 0.191. The summed E-state index contributed by atoms with van der Waals surface area (Å²) < 4.78 is 6.54. The van der Waals surface area contributed by atoms with Gasteiger partial charge in [0, 0.05) is 0 Å². The second-order valence-corrected chi connectivity index (χ2v) is 6.78. The first-order chi connectivity index (χ1) is 9.25. The van der Waals surface area contributed by atoms with Crippen molar-refractivity contribution in [2.24, 2.45) is 0 Å². The molecule has 0 atom stereocenters. The Bertz CT molecular complexity index is 778. The van der Waals surface area contributed by atoms with Gasteiger partial charge >= 0.3 is 120 Å². The number of rotatable bonds is 2. The van der Waals surface area contributed by atoms with E-state index < -0.39 is 26.8 Å². The molecule has 0 unspecified atom stereocenters. The Morgan fingerprint density at radius 2 is 1.63 bits per heavy atom. The summed E-state index contributed by atoms with van der Waals surface area (Å²) in [6.07, 6.45) is 0. The molecule has 0 saturated heterocycles. The van der Waals surface area contributed by atoms with E-state index in [4.69, 9.17) is 4.42 Å². The van der Waals surface area contributed by atoms with Gasteiger partial charge in [0.2, 0.25) is 0 Å². The summed E-state index contributed by atoms with van der Waals surface area (Å²) in [5.41, 5.74) is -0.140. The van der Waals surface area contributed by atoms with Crippen molar-refractivity contribution in [1.82, 2.24) is 0 Å².